The fourth-order valence-corrected chi connectivity index (χ4v) is 0.480. The molecule has 0 aliphatic rings. The predicted octanol–water partition coefficient (Wildman–Crippen LogP) is 0.571. The topological polar surface area (TPSA) is 63.6 Å². The number of aliphatic hydroxyl groups is 1. The van der Waals surface area contributed by atoms with Gasteiger partial charge in [0.2, 0.25) is 0 Å². The van der Waals surface area contributed by atoms with Gasteiger partial charge in [-0.1, -0.05) is 13.2 Å². The van der Waals surface area contributed by atoms with Crippen LogP contribution in [0.1, 0.15) is 13.3 Å². The van der Waals surface area contributed by atoms with Crippen molar-refractivity contribution in [1.82, 2.24) is 0 Å². The highest BCUT2D eigenvalue weighted by Crippen LogP contribution is 2.02. The van der Waals surface area contributed by atoms with Crippen LogP contribution in [0.4, 0.5) is 0 Å². The molecule has 0 spiro atoms. The minimum atomic E-state index is -0.818. The molecule has 0 unspecified atom stereocenters. The number of hydrogen-bond acceptors (Lipinski definition) is 4. The van der Waals surface area contributed by atoms with Gasteiger partial charge >= 0.3 is 11.9 Å². The molecule has 0 heterocycles. The summed E-state index contributed by atoms with van der Waals surface area (Å²) in [7, 11) is 0. The second kappa shape index (κ2) is 5.27. The number of esters is 2. The summed E-state index contributed by atoms with van der Waals surface area (Å²) < 4.78 is 4.34. The van der Waals surface area contributed by atoms with Gasteiger partial charge in [-0.3, -0.25) is 0 Å². The fraction of sp³-hybridized carbons (Fsp3) is 0.333. The monoisotopic (exact) mass is 184 g/mol. The molecule has 4 heteroatoms. The molecule has 0 rings (SSSR count). The van der Waals surface area contributed by atoms with Crippen LogP contribution in [0.15, 0.2) is 24.3 Å². The van der Waals surface area contributed by atoms with Crippen molar-refractivity contribution in [3.8, 4) is 0 Å². The molecule has 0 aliphatic carbocycles. The third kappa shape index (κ3) is 4.22. The van der Waals surface area contributed by atoms with E-state index in [9.17, 15) is 9.59 Å². The predicted molar refractivity (Wildman–Crippen MR) is 46.8 cm³/mol. The summed E-state index contributed by atoms with van der Waals surface area (Å²) >= 11 is 0. The van der Waals surface area contributed by atoms with Crippen LogP contribution in [-0.4, -0.2) is 23.7 Å². The SMILES string of the molecule is C=C(C)C(=O)OC(=O)C(=C)CCO. The molecule has 0 saturated carbocycles. The lowest BCUT2D eigenvalue weighted by Gasteiger charge is -2.02. The Hall–Kier alpha value is -1.42. The Morgan fingerprint density at radius 1 is 1.31 bits per heavy atom. The Kier molecular flexibility index (Phi) is 4.69. The summed E-state index contributed by atoms with van der Waals surface area (Å²) in [5.74, 6) is -1.59. The quantitative estimate of drug-likeness (QED) is 0.394. The van der Waals surface area contributed by atoms with Crippen LogP contribution in [0, 0.1) is 0 Å². The van der Waals surface area contributed by atoms with E-state index < -0.39 is 11.9 Å². The first-order chi connectivity index (χ1) is 5.99. The Morgan fingerprint density at radius 3 is 2.23 bits per heavy atom. The van der Waals surface area contributed by atoms with Gasteiger partial charge in [-0.25, -0.2) is 9.59 Å². The summed E-state index contributed by atoms with van der Waals surface area (Å²) in [6.07, 6.45) is 0.0995. The highest BCUT2D eigenvalue weighted by atomic mass is 16.6. The number of ether oxygens (including phenoxy) is 1. The molecule has 1 N–H and O–H groups in total. The molecule has 72 valence electrons. The maximum Gasteiger partial charge on any atom is 0.341 e. The molecule has 0 aromatic heterocycles. The van der Waals surface area contributed by atoms with Gasteiger partial charge < -0.3 is 9.84 Å². The maximum atomic E-state index is 11.0. The van der Waals surface area contributed by atoms with Gasteiger partial charge in [0.25, 0.3) is 0 Å². The van der Waals surface area contributed by atoms with E-state index in [1.54, 1.807) is 0 Å². The molecule has 0 atom stereocenters. The smallest absolute Gasteiger partial charge is 0.341 e. The van der Waals surface area contributed by atoms with Crippen molar-refractivity contribution >= 4 is 11.9 Å². The Balaban J connectivity index is 4.08. The van der Waals surface area contributed by atoms with Crippen LogP contribution in [0.5, 0.6) is 0 Å². The van der Waals surface area contributed by atoms with Gasteiger partial charge in [0.05, 0.1) is 0 Å². The average molecular weight is 184 g/mol. The zero-order valence-corrected chi connectivity index (χ0v) is 7.50. The van der Waals surface area contributed by atoms with Gasteiger partial charge in [0, 0.05) is 24.2 Å². The summed E-state index contributed by atoms with van der Waals surface area (Å²) in [5, 5.41) is 8.46. The molecule has 0 radical (unpaired) electrons. The highest BCUT2D eigenvalue weighted by molar-refractivity contribution is 6.00. The molecule has 0 fully saturated rings. The molecule has 0 aliphatic heterocycles. The maximum absolute atomic E-state index is 11.0. The first kappa shape index (κ1) is 11.6. The van der Waals surface area contributed by atoms with E-state index in [-0.39, 0.29) is 24.2 Å². The zero-order chi connectivity index (χ0) is 10.4. The van der Waals surface area contributed by atoms with Crippen molar-refractivity contribution in [2.75, 3.05) is 6.61 Å². The summed E-state index contributed by atoms with van der Waals surface area (Å²) in [5.41, 5.74) is 0.210. The standard InChI is InChI=1S/C9H12O4/c1-6(2)8(11)13-9(12)7(3)4-5-10/h10H,1,3-5H2,2H3. The van der Waals surface area contributed by atoms with E-state index in [1.807, 2.05) is 0 Å². The fourth-order valence-electron chi connectivity index (χ4n) is 0.480. The first-order valence-corrected chi connectivity index (χ1v) is 3.69. The van der Waals surface area contributed by atoms with Gasteiger partial charge in [-0.15, -0.1) is 0 Å². The van der Waals surface area contributed by atoms with Crippen molar-refractivity contribution in [2.45, 2.75) is 13.3 Å². The molecule has 4 nitrogen and oxygen atoms in total. The van der Waals surface area contributed by atoms with Crippen LogP contribution >= 0.6 is 0 Å². The Morgan fingerprint density at radius 2 is 1.85 bits per heavy atom. The Bertz CT molecular complexity index is 252. The summed E-state index contributed by atoms with van der Waals surface area (Å²) in [6, 6.07) is 0. The summed E-state index contributed by atoms with van der Waals surface area (Å²) in [6.45, 7) is 7.88. The van der Waals surface area contributed by atoms with Crippen molar-refractivity contribution in [2.24, 2.45) is 0 Å². The van der Waals surface area contributed by atoms with Crippen molar-refractivity contribution < 1.29 is 19.4 Å². The molecule has 0 saturated heterocycles. The highest BCUT2D eigenvalue weighted by Gasteiger charge is 2.13. The van der Waals surface area contributed by atoms with Crippen molar-refractivity contribution in [3.05, 3.63) is 24.3 Å². The van der Waals surface area contributed by atoms with Gasteiger partial charge in [0.15, 0.2) is 0 Å². The van der Waals surface area contributed by atoms with E-state index in [4.69, 9.17) is 5.11 Å². The molecular weight excluding hydrogens is 172 g/mol. The summed E-state index contributed by atoms with van der Waals surface area (Å²) in [4.78, 5) is 21.8. The molecule has 0 aromatic rings. The number of carbonyl (C=O) groups is 2. The van der Waals surface area contributed by atoms with Crippen LogP contribution in [0.3, 0.4) is 0 Å². The second-order valence-corrected chi connectivity index (χ2v) is 2.53. The average Bonchev–Trinajstić information content (AvgIpc) is 2.04. The lowest BCUT2D eigenvalue weighted by atomic mass is 10.2. The largest absolute Gasteiger partial charge is 0.396 e. The van der Waals surface area contributed by atoms with E-state index in [1.165, 1.54) is 6.92 Å². The van der Waals surface area contributed by atoms with Crippen molar-refractivity contribution in [3.63, 3.8) is 0 Å². The van der Waals surface area contributed by atoms with Gasteiger partial charge in [-0.2, -0.15) is 0 Å². The second-order valence-electron chi connectivity index (χ2n) is 2.53. The van der Waals surface area contributed by atoms with E-state index >= 15 is 0 Å². The normalized spacial score (nSPS) is 9.08. The lowest BCUT2D eigenvalue weighted by molar-refractivity contribution is -0.154. The molecule has 13 heavy (non-hydrogen) atoms. The van der Waals surface area contributed by atoms with E-state index in [0.29, 0.717) is 0 Å². The molecular formula is C9H12O4. The van der Waals surface area contributed by atoms with E-state index in [0.717, 1.165) is 0 Å². The van der Waals surface area contributed by atoms with Crippen LogP contribution in [0.25, 0.3) is 0 Å². The van der Waals surface area contributed by atoms with Crippen LogP contribution < -0.4 is 0 Å². The number of aliphatic hydroxyl groups excluding tert-OH is 1. The van der Waals surface area contributed by atoms with Gasteiger partial charge in [0.1, 0.15) is 0 Å². The Labute approximate surface area is 76.5 Å². The molecule has 0 bridgehead atoms. The number of rotatable bonds is 4. The first-order valence-electron chi connectivity index (χ1n) is 3.69. The third-order valence-electron chi connectivity index (χ3n) is 1.24. The number of hydrogen-bond donors (Lipinski definition) is 1. The van der Waals surface area contributed by atoms with Gasteiger partial charge in [-0.05, 0) is 6.92 Å². The van der Waals surface area contributed by atoms with Crippen LogP contribution in [-0.2, 0) is 14.3 Å². The third-order valence-corrected chi connectivity index (χ3v) is 1.24. The van der Waals surface area contributed by atoms with E-state index in [2.05, 4.69) is 17.9 Å². The van der Waals surface area contributed by atoms with Crippen molar-refractivity contribution in [1.29, 1.82) is 0 Å². The minimum Gasteiger partial charge on any atom is -0.396 e. The lowest BCUT2D eigenvalue weighted by Crippen LogP contribution is -2.14. The minimum absolute atomic E-state index is 0.0668. The number of carbonyl (C=O) groups excluding carboxylic acids is 2. The molecule has 0 amide bonds. The zero-order valence-electron chi connectivity index (χ0n) is 7.50. The van der Waals surface area contributed by atoms with Crippen LogP contribution in [0.2, 0.25) is 0 Å². The molecule has 0 aromatic carbocycles.